The Morgan fingerprint density at radius 2 is 1.62 bits per heavy atom. The molecule has 0 atom stereocenters. The van der Waals surface area contributed by atoms with Crippen LogP contribution >= 0.6 is 22.9 Å². The molecule has 0 amide bonds. The van der Waals surface area contributed by atoms with Gasteiger partial charge in [-0.15, -0.1) is 11.3 Å². The molecule has 0 saturated heterocycles. The van der Waals surface area contributed by atoms with Gasteiger partial charge in [-0.05, 0) is 12.1 Å². The summed E-state index contributed by atoms with van der Waals surface area (Å²) < 4.78 is 98.6. The van der Waals surface area contributed by atoms with Gasteiger partial charge in [0.25, 0.3) is 0 Å². The lowest BCUT2D eigenvalue weighted by Gasteiger charge is -2.14. The number of thiazole rings is 1. The topological polar surface area (TPSA) is 34.1 Å². The fourth-order valence-electron chi connectivity index (χ4n) is 2.22. The SMILES string of the molecule is Fc1cc(F)c(Oc2c(F)cc(C(F)(F)F)cc2F)cc1NCc1cnc(Cl)s1. The Balaban J connectivity index is 1.87. The maximum Gasteiger partial charge on any atom is 0.416 e. The number of benzene rings is 2. The zero-order chi connectivity index (χ0) is 21.3. The first kappa shape index (κ1) is 21.2. The van der Waals surface area contributed by atoms with Crippen LogP contribution in [0.25, 0.3) is 0 Å². The Bertz CT molecular complexity index is 1030. The molecule has 1 N–H and O–H groups in total. The molecule has 3 aromatic rings. The van der Waals surface area contributed by atoms with Crippen molar-refractivity contribution in [3.8, 4) is 11.5 Å². The lowest BCUT2D eigenvalue weighted by Crippen LogP contribution is -2.07. The van der Waals surface area contributed by atoms with Crippen molar-refractivity contribution >= 4 is 28.6 Å². The highest BCUT2D eigenvalue weighted by Gasteiger charge is 2.33. The summed E-state index contributed by atoms with van der Waals surface area (Å²) in [5, 5.41) is 2.61. The monoisotopic (exact) mass is 456 g/mol. The minimum atomic E-state index is -4.99. The molecule has 0 aliphatic rings. The van der Waals surface area contributed by atoms with Crippen LogP contribution in [0.3, 0.4) is 0 Å². The predicted molar refractivity (Wildman–Crippen MR) is 92.2 cm³/mol. The fraction of sp³-hybridized carbons (Fsp3) is 0.118. The number of halogens is 8. The quantitative estimate of drug-likeness (QED) is 0.430. The number of rotatable bonds is 5. The van der Waals surface area contributed by atoms with Crippen LogP contribution in [-0.4, -0.2) is 4.98 Å². The number of anilines is 1. The van der Waals surface area contributed by atoms with Crippen molar-refractivity contribution in [1.29, 1.82) is 0 Å². The Hall–Kier alpha value is -2.53. The molecule has 0 radical (unpaired) electrons. The van der Waals surface area contributed by atoms with Gasteiger partial charge in [-0.2, -0.15) is 13.2 Å². The van der Waals surface area contributed by atoms with Crippen LogP contribution in [0.1, 0.15) is 10.4 Å². The standard InChI is InChI=1S/C17H8ClF7N2OS/c18-16-27-6-8(29-16)5-26-13-4-14(10(20)3-9(13)19)28-15-11(21)1-7(2-12(15)22)17(23,24)25/h1-4,6,26H,5H2. The summed E-state index contributed by atoms with van der Waals surface area (Å²) in [6, 6.07) is 1.19. The van der Waals surface area contributed by atoms with E-state index in [2.05, 4.69) is 10.3 Å². The fourth-order valence-corrected chi connectivity index (χ4v) is 3.14. The highest BCUT2D eigenvalue weighted by molar-refractivity contribution is 7.15. The third kappa shape index (κ3) is 4.91. The number of ether oxygens (including phenoxy) is 1. The van der Waals surface area contributed by atoms with E-state index in [4.69, 9.17) is 16.3 Å². The molecule has 1 heterocycles. The van der Waals surface area contributed by atoms with Crippen molar-refractivity contribution in [2.24, 2.45) is 0 Å². The van der Waals surface area contributed by atoms with Gasteiger partial charge < -0.3 is 10.1 Å². The predicted octanol–water partition coefficient (Wildman–Crippen LogP) is 6.78. The first-order valence-electron chi connectivity index (χ1n) is 7.62. The summed E-state index contributed by atoms with van der Waals surface area (Å²) in [5.74, 6) is -7.80. The van der Waals surface area contributed by atoms with Crippen LogP contribution in [0, 0.1) is 23.3 Å². The summed E-state index contributed by atoms with van der Waals surface area (Å²) in [4.78, 5) is 4.40. The number of alkyl halides is 3. The van der Waals surface area contributed by atoms with Gasteiger partial charge >= 0.3 is 6.18 Å². The first-order valence-corrected chi connectivity index (χ1v) is 8.81. The molecule has 0 fully saturated rings. The molecule has 3 rings (SSSR count). The second kappa shape index (κ2) is 8.07. The van der Waals surface area contributed by atoms with Crippen LogP contribution < -0.4 is 10.1 Å². The van der Waals surface area contributed by atoms with Gasteiger partial charge in [-0.3, -0.25) is 0 Å². The maximum absolute atomic E-state index is 14.0. The van der Waals surface area contributed by atoms with E-state index in [9.17, 15) is 30.7 Å². The molecule has 3 nitrogen and oxygen atoms in total. The zero-order valence-electron chi connectivity index (χ0n) is 13.9. The number of hydrogen-bond donors (Lipinski definition) is 1. The van der Waals surface area contributed by atoms with Crippen molar-refractivity contribution in [2.45, 2.75) is 12.7 Å². The Morgan fingerprint density at radius 1 is 0.966 bits per heavy atom. The van der Waals surface area contributed by atoms with E-state index in [1.54, 1.807) is 0 Å². The third-order valence-corrected chi connectivity index (χ3v) is 4.65. The second-order valence-electron chi connectivity index (χ2n) is 5.56. The van der Waals surface area contributed by atoms with Crippen LogP contribution in [0.15, 0.2) is 30.5 Å². The van der Waals surface area contributed by atoms with E-state index in [0.717, 1.165) is 17.4 Å². The van der Waals surface area contributed by atoms with Crippen molar-refractivity contribution in [2.75, 3.05) is 5.32 Å². The Kier molecular flexibility index (Phi) is 5.90. The van der Waals surface area contributed by atoms with Crippen molar-refractivity contribution in [3.05, 3.63) is 68.6 Å². The van der Waals surface area contributed by atoms with Crippen LogP contribution in [-0.2, 0) is 12.7 Å². The highest BCUT2D eigenvalue weighted by Crippen LogP contribution is 2.37. The largest absolute Gasteiger partial charge is 0.448 e. The van der Waals surface area contributed by atoms with Gasteiger partial charge in [-0.1, -0.05) is 11.6 Å². The molecule has 0 bridgehead atoms. The molecule has 0 spiro atoms. The first-order chi connectivity index (χ1) is 13.5. The van der Waals surface area contributed by atoms with E-state index in [1.807, 2.05) is 0 Å². The maximum atomic E-state index is 14.0. The highest BCUT2D eigenvalue weighted by atomic mass is 35.5. The number of aromatic nitrogens is 1. The molecular formula is C17H8ClF7N2OS. The minimum Gasteiger partial charge on any atom is -0.448 e. The minimum absolute atomic E-state index is 0.00648. The van der Waals surface area contributed by atoms with Gasteiger partial charge in [0.2, 0.25) is 0 Å². The second-order valence-corrected chi connectivity index (χ2v) is 7.26. The number of nitrogens with one attached hydrogen (secondary N) is 1. The molecule has 1 aromatic heterocycles. The van der Waals surface area contributed by atoms with Gasteiger partial charge in [0, 0.05) is 23.2 Å². The summed E-state index contributed by atoms with van der Waals surface area (Å²) in [6.07, 6.45) is -3.57. The summed E-state index contributed by atoms with van der Waals surface area (Å²) in [5.41, 5.74) is -1.86. The van der Waals surface area contributed by atoms with Crippen molar-refractivity contribution < 1.29 is 35.5 Å². The van der Waals surface area contributed by atoms with E-state index in [0.29, 0.717) is 10.9 Å². The normalized spacial score (nSPS) is 11.6. The van der Waals surface area contributed by atoms with Crippen LogP contribution in [0.2, 0.25) is 4.47 Å². The molecule has 0 aliphatic carbocycles. The van der Waals surface area contributed by atoms with Gasteiger partial charge in [0.1, 0.15) is 5.82 Å². The van der Waals surface area contributed by atoms with E-state index in [-0.39, 0.29) is 28.8 Å². The smallest absolute Gasteiger partial charge is 0.416 e. The van der Waals surface area contributed by atoms with Gasteiger partial charge in [0.15, 0.2) is 33.4 Å². The number of hydrogen-bond acceptors (Lipinski definition) is 4. The molecular weight excluding hydrogens is 449 g/mol. The average Bonchev–Trinajstić information content (AvgIpc) is 3.03. The molecule has 0 saturated carbocycles. The van der Waals surface area contributed by atoms with E-state index >= 15 is 0 Å². The van der Waals surface area contributed by atoms with Crippen LogP contribution in [0.5, 0.6) is 11.5 Å². The molecule has 29 heavy (non-hydrogen) atoms. The lowest BCUT2D eigenvalue weighted by atomic mass is 10.2. The van der Waals surface area contributed by atoms with Gasteiger partial charge in [0.05, 0.1) is 17.8 Å². The average molecular weight is 457 g/mol. The number of nitrogens with zero attached hydrogens (tertiary/aromatic N) is 1. The third-order valence-electron chi connectivity index (χ3n) is 3.54. The summed E-state index contributed by atoms with van der Waals surface area (Å²) in [7, 11) is 0. The van der Waals surface area contributed by atoms with Crippen molar-refractivity contribution in [3.63, 3.8) is 0 Å². The van der Waals surface area contributed by atoms with E-state index < -0.39 is 46.5 Å². The Morgan fingerprint density at radius 3 is 2.17 bits per heavy atom. The molecule has 2 aromatic carbocycles. The molecule has 0 aliphatic heterocycles. The lowest BCUT2D eigenvalue weighted by molar-refractivity contribution is -0.138. The zero-order valence-corrected chi connectivity index (χ0v) is 15.5. The molecule has 12 heteroatoms. The summed E-state index contributed by atoms with van der Waals surface area (Å²) >= 11 is 6.78. The van der Waals surface area contributed by atoms with Crippen molar-refractivity contribution in [1.82, 2.24) is 4.98 Å². The molecule has 0 unspecified atom stereocenters. The summed E-state index contributed by atoms with van der Waals surface area (Å²) in [6.45, 7) is 0.0510. The van der Waals surface area contributed by atoms with Crippen LogP contribution in [0.4, 0.5) is 36.4 Å². The molecule has 154 valence electrons. The Labute approximate surface area is 167 Å². The van der Waals surface area contributed by atoms with Gasteiger partial charge in [-0.25, -0.2) is 22.5 Å². The van der Waals surface area contributed by atoms with E-state index in [1.165, 1.54) is 6.20 Å².